The SMILES string of the molecule is CC[S@](=N)(=O)c1cc(C)ccc1C. The molecule has 1 atom stereocenters. The molecule has 0 heterocycles. The first-order chi connectivity index (χ1) is 5.97. The summed E-state index contributed by atoms with van der Waals surface area (Å²) in [5.41, 5.74) is 2.02. The molecular formula is C10H15NOS. The quantitative estimate of drug-likeness (QED) is 0.778. The van der Waals surface area contributed by atoms with Crippen molar-refractivity contribution in [2.45, 2.75) is 25.7 Å². The van der Waals surface area contributed by atoms with Gasteiger partial charge in [0, 0.05) is 5.75 Å². The summed E-state index contributed by atoms with van der Waals surface area (Å²) in [7, 11) is -2.55. The Bertz CT molecular complexity index is 407. The minimum Gasteiger partial charge on any atom is -0.249 e. The van der Waals surface area contributed by atoms with Gasteiger partial charge in [-0.3, -0.25) is 0 Å². The lowest BCUT2D eigenvalue weighted by Gasteiger charge is -2.08. The van der Waals surface area contributed by atoms with Gasteiger partial charge in [0.15, 0.2) is 0 Å². The maximum absolute atomic E-state index is 11.8. The van der Waals surface area contributed by atoms with E-state index in [1.165, 1.54) is 0 Å². The topological polar surface area (TPSA) is 40.9 Å². The van der Waals surface area contributed by atoms with Gasteiger partial charge in [0.05, 0.1) is 14.6 Å². The van der Waals surface area contributed by atoms with Crippen LogP contribution >= 0.6 is 0 Å². The second-order valence-corrected chi connectivity index (χ2v) is 5.60. The molecule has 1 N–H and O–H groups in total. The highest BCUT2D eigenvalue weighted by Gasteiger charge is 2.10. The van der Waals surface area contributed by atoms with E-state index in [1.807, 2.05) is 32.0 Å². The third kappa shape index (κ3) is 2.10. The van der Waals surface area contributed by atoms with Crippen LogP contribution in [0.25, 0.3) is 0 Å². The van der Waals surface area contributed by atoms with Crippen molar-refractivity contribution in [3.05, 3.63) is 29.3 Å². The van der Waals surface area contributed by atoms with Gasteiger partial charge in [-0.2, -0.15) is 0 Å². The Hall–Kier alpha value is -0.830. The predicted octanol–water partition coefficient (Wildman–Crippen LogP) is 2.73. The van der Waals surface area contributed by atoms with Gasteiger partial charge in [-0.1, -0.05) is 19.1 Å². The monoisotopic (exact) mass is 197 g/mol. The fourth-order valence-corrected chi connectivity index (χ4v) is 2.49. The van der Waals surface area contributed by atoms with E-state index < -0.39 is 9.73 Å². The van der Waals surface area contributed by atoms with Gasteiger partial charge in [-0.25, -0.2) is 8.99 Å². The number of hydrogen-bond donors (Lipinski definition) is 1. The summed E-state index contributed by atoms with van der Waals surface area (Å²) in [6.07, 6.45) is 0. The van der Waals surface area contributed by atoms with E-state index >= 15 is 0 Å². The molecule has 0 spiro atoms. The molecule has 3 heteroatoms. The number of benzene rings is 1. The lowest BCUT2D eigenvalue weighted by Crippen LogP contribution is -2.04. The van der Waals surface area contributed by atoms with Gasteiger partial charge < -0.3 is 0 Å². The number of rotatable bonds is 2. The molecule has 0 fully saturated rings. The van der Waals surface area contributed by atoms with Crippen LogP contribution in [0.4, 0.5) is 0 Å². The minimum atomic E-state index is -2.55. The molecule has 0 unspecified atom stereocenters. The van der Waals surface area contributed by atoms with E-state index in [1.54, 1.807) is 6.92 Å². The molecule has 1 aromatic carbocycles. The van der Waals surface area contributed by atoms with Crippen molar-refractivity contribution in [2.75, 3.05) is 5.75 Å². The molecule has 0 saturated carbocycles. The van der Waals surface area contributed by atoms with Crippen LogP contribution in [0.5, 0.6) is 0 Å². The molecule has 0 aliphatic carbocycles. The van der Waals surface area contributed by atoms with Crippen LogP contribution in [0.15, 0.2) is 23.1 Å². The Morgan fingerprint density at radius 2 is 2.00 bits per heavy atom. The second-order valence-electron chi connectivity index (χ2n) is 3.23. The van der Waals surface area contributed by atoms with E-state index in [9.17, 15) is 4.21 Å². The Balaban J connectivity index is 3.38. The van der Waals surface area contributed by atoms with E-state index in [2.05, 4.69) is 0 Å². The average molecular weight is 197 g/mol. The summed E-state index contributed by atoms with van der Waals surface area (Å²) in [6.45, 7) is 5.64. The van der Waals surface area contributed by atoms with Crippen molar-refractivity contribution < 1.29 is 4.21 Å². The minimum absolute atomic E-state index is 0.386. The first kappa shape index (κ1) is 10.3. The molecule has 0 aromatic heterocycles. The van der Waals surface area contributed by atoms with Crippen molar-refractivity contribution in [3.63, 3.8) is 0 Å². The molecule has 72 valence electrons. The van der Waals surface area contributed by atoms with Crippen molar-refractivity contribution in [1.29, 1.82) is 4.78 Å². The summed E-state index contributed by atoms with van der Waals surface area (Å²) < 4.78 is 19.5. The molecule has 0 amide bonds. The van der Waals surface area contributed by atoms with E-state index in [0.29, 0.717) is 10.6 Å². The third-order valence-corrected chi connectivity index (χ3v) is 4.07. The summed E-state index contributed by atoms with van der Waals surface area (Å²) in [5, 5.41) is 0. The van der Waals surface area contributed by atoms with Crippen molar-refractivity contribution in [2.24, 2.45) is 0 Å². The van der Waals surface area contributed by atoms with Crippen molar-refractivity contribution in [3.8, 4) is 0 Å². The molecule has 0 aliphatic heterocycles. The highest BCUT2D eigenvalue weighted by Crippen LogP contribution is 2.18. The first-order valence-corrected chi connectivity index (χ1v) is 6.04. The Labute approximate surface area is 80.0 Å². The molecule has 0 radical (unpaired) electrons. The Morgan fingerprint density at radius 1 is 1.38 bits per heavy atom. The van der Waals surface area contributed by atoms with Crippen LogP contribution in [-0.2, 0) is 9.73 Å². The van der Waals surface area contributed by atoms with Gasteiger partial charge in [0.25, 0.3) is 0 Å². The van der Waals surface area contributed by atoms with Crippen LogP contribution in [0.1, 0.15) is 18.1 Å². The molecule has 1 rings (SSSR count). The number of nitrogens with one attached hydrogen (secondary N) is 1. The lowest BCUT2D eigenvalue weighted by atomic mass is 10.2. The van der Waals surface area contributed by atoms with E-state index in [4.69, 9.17) is 4.78 Å². The van der Waals surface area contributed by atoms with Gasteiger partial charge in [-0.15, -0.1) is 0 Å². The molecule has 2 nitrogen and oxygen atoms in total. The summed E-state index contributed by atoms with van der Waals surface area (Å²) in [6, 6.07) is 5.76. The van der Waals surface area contributed by atoms with Gasteiger partial charge in [-0.05, 0) is 31.0 Å². The van der Waals surface area contributed by atoms with Crippen LogP contribution in [0.3, 0.4) is 0 Å². The summed E-state index contributed by atoms with van der Waals surface area (Å²) >= 11 is 0. The fraction of sp³-hybridized carbons (Fsp3) is 0.400. The normalized spacial score (nSPS) is 15.3. The molecule has 0 saturated heterocycles. The fourth-order valence-electron chi connectivity index (χ4n) is 1.22. The zero-order chi connectivity index (χ0) is 10.1. The van der Waals surface area contributed by atoms with E-state index in [-0.39, 0.29) is 0 Å². The van der Waals surface area contributed by atoms with Crippen LogP contribution in [0.2, 0.25) is 0 Å². The van der Waals surface area contributed by atoms with Gasteiger partial charge in [0.1, 0.15) is 0 Å². The van der Waals surface area contributed by atoms with Gasteiger partial charge >= 0.3 is 0 Å². The first-order valence-electron chi connectivity index (χ1n) is 4.31. The molecular weight excluding hydrogens is 182 g/mol. The highest BCUT2D eigenvalue weighted by atomic mass is 32.2. The zero-order valence-electron chi connectivity index (χ0n) is 8.26. The van der Waals surface area contributed by atoms with Crippen LogP contribution < -0.4 is 0 Å². The zero-order valence-corrected chi connectivity index (χ0v) is 9.07. The van der Waals surface area contributed by atoms with Crippen molar-refractivity contribution >= 4 is 9.73 Å². The summed E-state index contributed by atoms with van der Waals surface area (Å²) in [4.78, 5) is 0.690. The maximum Gasteiger partial charge on any atom is 0.0726 e. The Kier molecular flexibility index (Phi) is 2.76. The smallest absolute Gasteiger partial charge is 0.0726 e. The van der Waals surface area contributed by atoms with Crippen LogP contribution in [0, 0.1) is 18.6 Å². The average Bonchev–Trinajstić information content (AvgIpc) is 2.09. The predicted molar refractivity (Wildman–Crippen MR) is 55.6 cm³/mol. The maximum atomic E-state index is 11.8. The lowest BCUT2D eigenvalue weighted by molar-refractivity contribution is 0.675. The summed E-state index contributed by atoms with van der Waals surface area (Å²) in [5.74, 6) is 0.386. The molecule has 1 aromatic rings. The third-order valence-electron chi connectivity index (χ3n) is 2.11. The Morgan fingerprint density at radius 3 is 2.54 bits per heavy atom. The second kappa shape index (κ2) is 3.50. The number of aryl methyl sites for hydroxylation is 2. The molecule has 13 heavy (non-hydrogen) atoms. The molecule has 0 aliphatic rings. The molecule has 0 bridgehead atoms. The highest BCUT2D eigenvalue weighted by molar-refractivity contribution is 7.92. The van der Waals surface area contributed by atoms with E-state index in [0.717, 1.165) is 11.1 Å². The standard InChI is InChI=1S/C10H15NOS/c1-4-13(11,12)10-7-8(2)5-6-9(10)3/h5-7,11H,4H2,1-3H3/t13-/m0/s1. The largest absolute Gasteiger partial charge is 0.249 e. The van der Waals surface area contributed by atoms with Crippen LogP contribution in [-0.4, -0.2) is 9.96 Å². The van der Waals surface area contributed by atoms with Crippen molar-refractivity contribution in [1.82, 2.24) is 0 Å². The van der Waals surface area contributed by atoms with Gasteiger partial charge in [0.2, 0.25) is 0 Å². The number of hydrogen-bond acceptors (Lipinski definition) is 2.